The Morgan fingerprint density at radius 2 is 2.18 bits per heavy atom. The van der Waals surface area contributed by atoms with E-state index in [4.69, 9.17) is 16.3 Å². The van der Waals surface area contributed by atoms with E-state index in [0.717, 1.165) is 5.56 Å². The maximum Gasteiger partial charge on any atom is 0.307 e. The largest absolute Gasteiger partial charge is 0.481 e. The maximum atomic E-state index is 11.4. The van der Waals surface area contributed by atoms with Gasteiger partial charge < -0.3 is 9.84 Å². The van der Waals surface area contributed by atoms with E-state index < -0.39 is 17.3 Å². The van der Waals surface area contributed by atoms with Crippen molar-refractivity contribution in [3.8, 4) is 0 Å². The Labute approximate surface area is 105 Å². The van der Waals surface area contributed by atoms with Gasteiger partial charge in [-0.25, -0.2) is 0 Å². The van der Waals surface area contributed by atoms with Gasteiger partial charge in [0.25, 0.3) is 0 Å². The second kappa shape index (κ2) is 4.67. The second-order valence-electron chi connectivity index (χ2n) is 4.43. The molecule has 1 saturated heterocycles. The Balaban J connectivity index is 2.44. The SMILES string of the molecule is CCC(C(=O)O)C1(c2ccccc2Cl)COC1. The summed E-state index contributed by atoms with van der Waals surface area (Å²) >= 11 is 6.18. The number of carboxylic acids is 1. The van der Waals surface area contributed by atoms with Crippen molar-refractivity contribution in [1.82, 2.24) is 0 Å². The van der Waals surface area contributed by atoms with Crippen LogP contribution in [0.3, 0.4) is 0 Å². The van der Waals surface area contributed by atoms with Crippen LogP contribution >= 0.6 is 11.6 Å². The molecule has 0 aliphatic carbocycles. The molecule has 0 radical (unpaired) electrons. The summed E-state index contributed by atoms with van der Waals surface area (Å²) in [5, 5.41) is 9.95. The van der Waals surface area contributed by atoms with Crippen molar-refractivity contribution in [3.63, 3.8) is 0 Å². The lowest BCUT2D eigenvalue weighted by Crippen LogP contribution is -2.54. The van der Waals surface area contributed by atoms with Gasteiger partial charge in [0.05, 0.1) is 24.5 Å². The molecule has 1 aliphatic heterocycles. The van der Waals surface area contributed by atoms with Crippen LogP contribution in [0, 0.1) is 5.92 Å². The van der Waals surface area contributed by atoms with Gasteiger partial charge >= 0.3 is 5.97 Å². The smallest absolute Gasteiger partial charge is 0.307 e. The molecule has 1 N–H and O–H groups in total. The van der Waals surface area contributed by atoms with Crippen LogP contribution in [0.2, 0.25) is 5.02 Å². The number of ether oxygens (including phenoxy) is 1. The van der Waals surface area contributed by atoms with Gasteiger partial charge in [0.1, 0.15) is 0 Å². The third kappa shape index (κ3) is 1.94. The minimum atomic E-state index is -0.782. The monoisotopic (exact) mass is 254 g/mol. The van der Waals surface area contributed by atoms with Crippen molar-refractivity contribution < 1.29 is 14.6 Å². The lowest BCUT2D eigenvalue weighted by Gasteiger charge is -2.46. The number of hydrogen-bond donors (Lipinski definition) is 1. The number of hydrogen-bond acceptors (Lipinski definition) is 2. The molecule has 1 unspecified atom stereocenters. The predicted molar refractivity (Wildman–Crippen MR) is 65.4 cm³/mol. The molecule has 92 valence electrons. The van der Waals surface area contributed by atoms with Crippen molar-refractivity contribution in [2.24, 2.45) is 5.92 Å². The van der Waals surface area contributed by atoms with Crippen molar-refractivity contribution in [1.29, 1.82) is 0 Å². The first-order chi connectivity index (χ1) is 8.12. The zero-order valence-corrected chi connectivity index (χ0v) is 10.4. The van der Waals surface area contributed by atoms with Crippen molar-refractivity contribution >= 4 is 17.6 Å². The predicted octanol–water partition coefficient (Wildman–Crippen LogP) is 2.72. The van der Waals surface area contributed by atoms with Gasteiger partial charge in [-0.15, -0.1) is 0 Å². The molecule has 0 aromatic heterocycles. The Morgan fingerprint density at radius 3 is 2.59 bits per heavy atom. The molecule has 4 heteroatoms. The first-order valence-electron chi connectivity index (χ1n) is 5.67. The van der Waals surface area contributed by atoms with Crippen molar-refractivity contribution in [3.05, 3.63) is 34.9 Å². The van der Waals surface area contributed by atoms with E-state index in [1.165, 1.54) is 0 Å². The van der Waals surface area contributed by atoms with Crippen LogP contribution in [-0.2, 0) is 14.9 Å². The molecular formula is C13H15ClO3. The molecule has 1 fully saturated rings. The van der Waals surface area contributed by atoms with Gasteiger partial charge in [-0.1, -0.05) is 36.7 Å². The van der Waals surface area contributed by atoms with Crippen LogP contribution in [0.25, 0.3) is 0 Å². The fourth-order valence-corrected chi connectivity index (χ4v) is 2.86. The minimum absolute atomic E-state index is 0.432. The first-order valence-corrected chi connectivity index (χ1v) is 6.05. The van der Waals surface area contributed by atoms with Gasteiger partial charge in [0.2, 0.25) is 0 Å². The summed E-state index contributed by atoms with van der Waals surface area (Å²) in [5.74, 6) is -1.23. The van der Waals surface area contributed by atoms with Crippen LogP contribution in [0.15, 0.2) is 24.3 Å². The van der Waals surface area contributed by atoms with Gasteiger partial charge in [-0.2, -0.15) is 0 Å². The third-order valence-corrected chi connectivity index (χ3v) is 3.83. The van der Waals surface area contributed by atoms with Gasteiger partial charge in [0, 0.05) is 5.02 Å². The molecule has 0 amide bonds. The van der Waals surface area contributed by atoms with E-state index in [-0.39, 0.29) is 0 Å². The molecular weight excluding hydrogens is 240 g/mol. The van der Waals surface area contributed by atoms with Crippen LogP contribution in [0.4, 0.5) is 0 Å². The summed E-state index contributed by atoms with van der Waals surface area (Å²) in [7, 11) is 0. The molecule has 0 saturated carbocycles. The van der Waals surface area contributed by atoms with E-state index in [2.05, 4.69) is 0 Å². The summed E-state index contributed by atoms with van der Waals surface area (Å²) in [6, 6.07) is 7.43. The lowest BCUT2D eigenvalue weighted by molar-refractivity contribution is -0.157. The topological polar surface area (TPSA) is 46.5 Å². The van der Waals surface area contributed by atoms with Crippen molar-refractivity contribution in [2.45, 2.75) is 18.8 Å². The third-order valence-electron chi connectivity index (χ3n) is 3.50. The number of benzene rings is 1. The van der Waals surface area contributed by atoms with E-state index in [9.17, 15) is 9.90 Å². The van der Waals surface area contributed by atoms with Gasteiger partial charge in [-0.3, -0.25) is 4.79 Å². The highest BCUT2D eigenvalue weighted by molar-refractivity contribution is 6.31. The summed E-state index contributed by atoms with van der Waals surface area (Å²) in [6.07, 6.45) is 0.573. The van der Waals surface area contributed by atoms with Crippen LogP contribution in [0.1, 0.15) is 18.9 Å². The first kappa shape index (κ1) is 12.4. The fraction of sp³-hybridized carbons (Fsp3) is 0.462. The second-order valence-corrected chi connectivity index (χ2v) is 4.84. The number of carbonyl (C=O) groups is 1. The van der Waals surface area contributed by atoms with Gasteiger partial charge in [0.15, 0.2) is 0 Å². The Kier molecular flexibility index (Phi) is 3.40. The number of carboxylic acid groups (broad SMARTS) is 1. The summed E-state index contributed by atoms with van der Waals surface area (Å²) in [5.41, 5.74) is 0.431. The van der Waals surface area contributed by atoms with E-state index in [1.54, 1.807) is 6.07 Å². The Morgan fingerprint density at radius 1 is 1.53 bits per heavy atom. The fourth-order valence-electron chi connectivity index (χ4n) is 2.53. The van der Waals surface area contributed by atoms with Crippen LogP contribution in [-0.4, -0.2) is 24.3 Å². The molecule has 3 nitrogen and oxygen atoms in total. The Bertz CT molecular complexity index is 426. The molecule has 1 atom stereocenters. The average Bonchev–Trinajstić information content (AvgIpc) is 2.24. The zero-order valence-electron chi connectivity index (χ0n) is 9.65. The molecule has 1 aromatic rings. The number of aliphatic carboxylic acids is 1. The highest BCUT2D eigenvalue weighted by atomic mass is 35.5. The summed E-state index contributed by atoms with van der Waals surface area (Å²) in [4.78, 5) is 11.4. The summed E-state index contributed by atoms with van der Waals surface area (Å²) < 4.78 is 5.26. The molecule has 1 heterocycles. The van der Waals surface area contributed by atoms with Crippen LogP contribution in [0.5, 0.6) is 0 Å². The molecule has 1 aliphatic rings. The standard InChI is InChI=1S/C13H15ClO3/c1-2-9(12(15)16)13(7-17-8-13)10-5-3-4-6-11(10)14/h3-6,9H,2,7-8H2,1H3,(H,15,16). The van der Waals surface area contributed by atoms with E-state index >= 15 is 0 Å². The lowest BCUT2D eigenvalue weighted by atomic mass is 9.67. The normalized spacial score (nSPS) is 19.4. The minimum Gasteiger partial charge on any atom is -0.481 e. The molecule has 17 heavy (non-hydrogen) atoms. The molecule has 1 aromatic carbocycles. The maximum absolute atomic E-state index is 11.4. The molecule has 2 rings (SSSR count). The molecule has 0 spiro atoms. The zero-order chi connectivity index (χ0) is 12.5. The number of halogens is 1. The highest BCUT2D eigenvalue weighted by Crippen LogP contribution is 2.43. The van der Waals surface area contributed by atoms with Crippen molar-refractivity contribution in [2.75, 3.05) is 13.2 Å². The quantitative estimate of drug-likeness (QED) is 0.899. The molecule has 0 bridgehead atoms. The average molecular weight is 255 g/mol. The summed E-state index contributed by atoms with van der Waals surface area (Å²) in [6.45, 7) is 2.75. The number of rotatable bonds is 4. The Hall–Kier alpha value is -1.06. The van der Waals surface area contributed by atoms with E-state index in [0.29, 0.717) is 24.7 Å². The van der Waals surface area contributed by atoms with Gasteiger partial charge in [-0.05, 0) is 18.1 Å². The van der Waals surface area contributed by atoms with E-state index in [1.807, 2.05) is 25.1 Å². The highest BCUT2D eigenvalue weighted by Gasteiger charge is 2.50. The van der Waals surface area contributed by atoms with Crippen LogP contribution < -0.4 is 0 Å².